The maximum absolute atomic E-state index is 13.0. The van der Waals surface area contributed by atoms with E-state index in [0.29, 0.717) is 50.8 Å². The van der Waals surface area contributed by atoms with Gasteiger partial charge in [-0.1, -0.05) is 19.1 Å². The molecule has 0 fully saturated rings. The van der Waals surface area contributed by atoms with E-state index in [0.717, 1.165) is 18.4 Å². The lowest BCUT2D eigenvalue weighted by molar-refractivity contribution is -0.149. The Morgan fingerprint density at radius 3 is 2.14 bits per heavy atom. The highest BCUT2D eigenvalue weighted by Crippen LogP contribution is 2.15. The zero-order valence-corrected chi connectivity index (χ0v) is 21.0. The first-order valence-electron chi connectivity index (χ1n) is 12.3. The van der Waals surface area contributed by atoms with Gasteiger partial charge in [0.15, 0.2) is 6.10 Å². The summed E-state index contributed by atoms with van der Waals surface area (Å²) < 4.78 is 34.9. The van der Waals surface area contributed by atoms with Crippen LogP contribution in [-0.2, 0) is 20.7 Å². The highest BCUT2D eigenvalue weighted by molar-refractivity contribution is 5.72. The molecule has 36 heavy (non-hydrogen) atoms. The highest BCUT2D eigenvalue weighted by Gasteiger charge is 2.18. The van der Waals surface area contributed by atoms with E-state index in [9.17, 15) is 19.1 Å². The van der Waals surface area contributed by atoms with Gasteiger partial charge < -0.3 is 29.0 Å². The number of carboxylic acids is 1. The SMILES string of the molecule is CCCOC(=O)N(CCCCOc1ccc(F)cc1)CCOc1ccc(CC(OCC)C(=O)O)cc1. The van der Waals surface area contributed by atoms with Crippen molar-refractivity contribution < 1.29 is 38.0 Å². The van der Waals surface area contributed by atoms with E-state index in [1.54, 1.807) is 48.2 Å². The number of benzene rings is 2. The number of hydrogen-bond donors (Lipinski definition) is 1. The number of rotatable bonds is 17. The van der Waals surface area contributed by atoms with Crippen molar-refractivity contribution in [2.24, 2.45) is 0 Å². The Labute approximate surface area is 211 Å². The van der Waals surface area contributed by atoms with Gasteiger partial charge in [-0.2, -0.15) is 0 Å². The molecule has 2 aromatic carbocycles. The summed E-state index contributed by atoms with van der Waals surface area (Å²) in [6.45, 7) is 5.96. The largest absolute Gasteiger partial charge is 0.494 e. The number of halogens is 1. The monoisotopic (exact) mass is 505 g/mol. The predicted molar refractivity (Wildman–Crippen MR) is 133 cm³/mol. The van der Waals surface area contributed by atoms with Crippen LogP contribution in [0.3, 0.4) is 0 Å². The molecule has 0 saturated heterocycles. The summed E-state index contributed by atoms with van der Waals surface area (Å²) in [7, 11) is 0. The number of nitrogens with zero attached hydrogens (tertiary/aromatic N) is 1. The minimum atomic E-state index is -0.991. The van der Waals surface area contributed by atoms with Crippen molar-refractivity contribution in [1.29, 1.82) is 0 Å². The predicted octanol–water partition coefficient (Wildman–Crippen LogP) is 4.94. The minimum Gasteiger partial charge on any atom is -0.494 e. The fourth-order valence-corrected chi connectivity index (χ4v) is 3.33. The Kier molecular flexibility index (Phi) is 13.1. The topological polar surface area (TPSA) is 94.5 Å². The smallest absolute Gasteiger partial charge is 0.409 e. The number of carboxylic acid groups (broad SMARTS) is 1. The average Bonchev–Trinajstić information content (AvgIpc) is 2.87. The number of unbranched alkanes of at least 4 members (excludes halogenated alkanes) is 1. The van der Waals surface area contributed by atoms with Crippen LogP contribution in [0.5, 0.6) is 11.5 Å². The van der Waals surface area contributed by atoms with Gasteiger partial charge in [-0.05, 0) is 68.1 Å². The second-order valence-corrected chi connectivity index (χ2v) is 8.09. The Bertz CT molecular complexity index is 905. The van der Waals surface area contributed by atoms with Crippen LogP contribution in [0.25, 0.3) is 0 Å². The van der Waals surface area contributed by atoms with E-state index in [1.807, 2.05) is 6.92 Å². The van der Waals surface area contributed by atoms with Gasteiger partial charge in [0, 0.05) is 19.6 Å². The molecular weight excluding hydrogens is 469 g/mol. The molecule has 0 aliphatic carbocycles. The number of hydrogen-bond acceptors (Lipinski definition) is 6. The Hall–Kier alpha value is -3.33. The zero-order valence-electron chi connectivity index (χ0n) is 21.0. The Morgan fingerprint density at radius 2 is 1.53 bits per heavy atom. The van der Waals surface area contributed by atoms with E-state index in [4.69, 9.17) is 18.9 Å². The lowest BCUT2D eigenvalue weighted by Crippen LogP contribution is -2.36. The van der Waals surface area contributed by atoms with Crippen LogP contribution in [0.15, 0.2) is 48.5 Å². The molecule has 1 N–H and O–H groups in total. The van der Waals surface area contributed by atoms with Crippen molar-refractivity contribution in [1.82, 2.24) is 4.90 Å². The molecule has 0 aromatic heterocycles. The van der Waals surface area contributed by atoms with Gasteiger partial charge in [-0.25, -0.2) is 14.0 Å². The standard InChI is InChI=1S/C27H36FNO7/c1-3-17-36-27(32)29(15-5-6-18-34-24-13-9-22(28)10-14-24)16-19-35-23-11-7-21(8-12-23)20-25(26(30)31)33-4-2/h7-14,25H,3-6,15-20H2,1-2H3,(H,30,31). The van der Waals surface area contributed by atoms with Crippen LogP contribution >= 0.6 is 0 Å². The van der Waals surface area contributed by atoms with Crippen molar-refractivity contribution in [3.05, 3.63) is 59.9 Å². The Morgan fingerprint density at radius 1 is 0.889 bits per heavy atom. The summed E-state index contributed by atoms with van der Waals surface area (Å²) in [5.41, 5.74) is 0.829. The lowest BCUT2D eigenvalue weighted by Gasteiger charge is -2.22. The fraction of sp³-hybridized carbons (Fsp3) is 0.481. The number of amides is 1. The summed E-state index contributed by atoms with van der Waals surface area (Å²) >= 11 is 0. The summed E-state index contributed by atoms with van der Waals surface area (Å²) in [5.74, 6) is -0.0765. The van der Waals surface area contributed by atoms with Crippen LogP contribution in [0.4, 0.5) is 9.18 Å². The first-order valence-corrected chi connectivity index (χ1v) is 12.3. The first-order chi connectivity index (χ1) is 17.4. The highest BCUT2D eigenvalue weighted by atomic mass is 19.1. The van der Waals surface area contributed by atoms with Gasteiger partial charge in [0.05, 0.1) is 19.8 Å². The van der Waals surface area contributed by atoms with E-state index in [-0.39, 0.29) is 24.9 Å². The van der Waals surface area contributed by atoms with E-state index >= 15 is 0 Å². The molecule has 0 aliphatic rings. The van der Waals surface area contributed by atoms with Crippen LogP contribution in [0.1, 0.15) is 38.7 Å². The average molecular weight is 506 g/mol. The maximum atomic E-state index is 13.0. The van der Waals surface area contributed by atoms with Crippen molar-refractivity contribution in [3.63, 3.8) is 0 Å². The van der Waals surface area contributed by atoms with Crippen LogP contribution in [-0.4, -0.2) is 67.7 Å². The third-order valence-electron chi connectivity index (χ3n) is 5.21. The fourth-order valence-electron chi connectivity index (χ4n) is 3.33. The molecular formula is C27H36FNO7. The molecule has 0 spiro atoms. The second-order valence-electron chi connectivity index (χ2n) is 8.09. The third kappa shape index (κ3) is 10.9. The lowest BCUT2D eigenvalue weighted by atomic mass is 10.1. The zero-order chi connectivity index (χ0) is 26.2. The van der Waals surface area contributed by atoms with Gasteiger partial charge in [-0.3, -0.25) is 0 Å². The number of aliphatic carboxylic acids is 1. The molecule has 0 heterocycles. The second kappa shape index (κ2) is 16.4. The van der Waals surface area contributed by atoms with Gasteiger partial charge in [0.1, 0.15) is 23.9 Å². The van der Waals surface area contributed by atoms with Crippen molar-refractivity contribution in [3.8, 4) is 11.5 Å². The van der Waals surface area contributed by atoms with Gasteiger partial charge in [0.2, 0.25) is 0 Å². The molecule has 9 heteroatoms. The maximum Gasteiger partial charge on any atom is 0.409 e. The molecule has 0 radical (unpaired) electrons. The third-order valence-corrected chi connectivity index (χ3v) is 5.21. The van der Waals surface area contributed by atoms with Crippen molar-refractivity contribution in [2.75, 3.05) is 39.5 Å². The summed E-state index contributed by atoms with van der Waals surface area (Å²) in [4.78, 5) is 25.3. The Balaban J connectivity index is 1.78. The quantitative estimate of drug-likeness (QED) is 0.304. The number of ether oxygens (including phenoxy) is 4. The summed E-state index contributed by atoms with van der Waals surface area (Å²) in [6.07, 6.45) is 1.17. The van der Waals surface area contributed by atoms with E-state index in [2.05, 4.69) is 0 Å². The van der Waals surface area contributed by atoms with Gasteiger partial charge in [-0.15, -0.1) is 0 Å². The van der Waals surface area contributed by atoms with Crippen LogP contribution in [0.2, 0.25) is 0 Å². The molecule has 198 valence electrons. The van der Waals surface area contributed by atoms with E-state index < -0.39 is 12.1 Å². The van der Waals surface area contributed by atoms with Gasteiger partial charge >= 0.3 is 12.1 Å². The molecule has 8 nitrogen and oxygen atoms in total. The van der Waals surface area contributed by atoms with Gasteiger partial charge in [0.25, 0.3) is 0 Å². The summed E-state index contributed by atoms with van der Waals surface area (Å²) in [6, 6.07) is 13.0. The number of carbonyl (C=O) groups is 2. The molecule has 1 unspecified atom stereocenters. The molecule has 1 atom stereocenters. The van der Waals surface area contributed by atoms with Crippen molar-refractivity contribution >= 4 is 12.1 Å². The number of carbonyl (C=O) groups excluding carboxylic acids is 1. The minimum absolute atomic E-state index is 0.269. The summed E-state index contributed by atoms with van der Waals surface area (Å²) in [5, 5.41) is 9.23. The van der Waals surface area contributed by atoms with Crippen LogP contribution in [0, 0.1) is 5.82 Å². The van der Waals surface area contributed by atoms with E-state index in [1.165, 1.54) is 12.1 Å². The van der Waals surface area contributed by atoms with Crippen molar-refractivity contribution in [2.45, 2.75) is 45.6 Å². The molecule has 1 amide bonds. The molecule has 2 rings (SSSR count). The first kappa shape index (κ1) is 28.9. The normalized spacial score (nSPS) is 11.5. The van der Waals surface area contributed by atoms with Crippen LogP contribution < -0.4 is 9.47 Å². The molecule has 0 bridgehead atoms. The molecule has 0 aliphatic heterocycles. The molecule has 2 aromatic rings. The molecule has 0 saturated carbocycles.